The molecule has 0 saturated heterocycles. The minimum absolute atomic E-state index is 0.0171. The highest BCUT2D eigenvalue weighted by Crippen LogP contribution is 2.36. The Kier molecular flexibility index (Phi) is 3.17. The summed E-state index contributed by atoms with van der Waals surface area (Å²) >= 11 is 0. The fourth-order valence-electron chi connectivity index (χ4n) is 1.10. The normalized spacial score (nSPS) is 9.29. The van der Waals surface area contributed by atoms with Crippen LogP contribution in [0.1, 0.15) is 0 Å². The maximum atomic E-state index is 5.27. The Labute approximate surface area is 82.3 Å². The van der Waals surface area contributed by atoms with E-state index in [0.29, 0.717) is 17.2 Å². The number of nitrogens with zero attached hydrogens (tertiary/aromatic N) is 1. The number of ether oxygens (including phenoxy) is 2. The summed E-state index contributed by atoms with van der Waals surface area (Å²) in [7, 11) is 3.08. The first-order valence-electron chi connectivity index (χ1n) is 3.99. The topological polar surface area (TPSA) is 82.9 Å². The maximum Gasteiger partial charge on any atom is 0.191 e. The number of rotatable bonds is 3. The fourth-order valence-corrected chi connectivity index (χ4v) is 1.10. The summed E-state index contributed by atoms with van der Waals surface area (Å²) in [5.74, 6) is 1.09. The Morgan fingerprint density at radius 3 is 2.43 bits per heavy atom. The Bertz CT molecular complexity index is 346. The number of methoxy groups -OCH3 is 2. The molecule has 0 saturated carbocycles. The molecule has 0 atom stereocenters. The minimum atomic E-state index is -0.0171. The summed E-state index contributed by atoms with van der Waals surface area (Å²) in [6, 6.07) is 5.29. The van der Waals surface area contributed by atoms with E-state index in [2.05, 4.69) is 4.99 Å². The number of hydrogen-bond donors (Lipinski definition) is 2. The SMILES string of the molecule is COc1cccc(N=C(N)N)c1OC. The van der Waals surface area contributed by atoms with Crippen LogP contribution in [0.5, 0.6) is 11.5 Å². The van der Waals surface area contributed by atoms with Crippen LogP contribution in [-0.4, -0.2) is 20.2 Å². The molecule has 0 spiro atoms. The van der Waals surface area contributed by atoms with E-state index in [9.17, 15) is 0 Å². The third-order valence-corrected chi connectivity index (χ3v) is 1.63. The van der Waals surface area contributed by atoms with Gasteiger partial charge in [-0.05, 0) is 12.1 Å². The van der Waals surface area contributed by atoms with Gasteiger partial charge in [-0.25, -0.2) is 4.99 Å². The summed E-state index contributed by atoms with van der Waals surface area (Å²) in [6.45, 7) is 0. The lowest BCUT2D eigenvalue weighted by atomic mass is 10.3. The van der Waals surface area contributed by atoms with Crippen molar-refractivity contribution in [3.63, 3.8) is 0 Å². The quantitative estimate of drug-likeness (QED) is 0.546. The van der Waals surface area contributed by atoms with Crippen LogP contribution in [0.3, 0.4) is 0 Å². The van der Waals surface area contributed by atoms with E-state index in [0.717, 1.165) is 0 Å². The van der Waals surface area contributed by atoms with Crippen LogP contribution in [0.25, 0.3) is 0 Å². The molecule has 1 aromatic carbocycles. The zero-order valence-corrected chi connectivity index (χ0v) is 8.15. The first kappa shape index (κ1) is 10.2. The highest BCUT2D eigenvalue weighted by atomic mass is 16.5. The van der Waals surface area contributed by atoms with Crippen LogP contribution in [-0.2, 0) is 0 Å². The van der Waals surface area contributed by atoms with Gasteiger partial charge in [-0.15, -0.1) is 0 Å². The van der Waals surface area contributed by atoms with Crippen LogP contribution >= 0.6 is 0 Å². The molecular formula is C9H13N3O2. The molecule has 1 rings (SSSR count). The van der Waals surface area contributed by atoms with Crippen LogP contribution < -0.4 is 20.9 Å². The molecule has 5 heteroatoms. The second kappa shape index (κ2) is 4.36. The van der Waals surface area contributed by atoms with Gasteiger partial charge >= 0.3 is 0 Å². The number of guanidine groups is 1. The molecule has 1 aromatic rings. The average molecular weight is 195 g/mol. The lowest BCUT2D eigenvalue weighted by Crippen LogP contribution is -2.21. The summed E-state index contributed by atoms with van der Waals surface area (Å²) in [4.78, 5) is 3.91. The van der Waals surface area contributed by atoms with Crippen molar-refractivity contribution in [2.45, 2.75) is 0 Å². The van der Waals surface area contributed by atoms with Gasteiger partial charge in [0, 0.05) is 0 Å². The van der Waals surface area contributed by atoms with E-state index in [1.807, 2.05) is 0 Å². The second-order valence-corrected chi connectivity index (χ2v) is 2.55. The molecule has 4 N–H and O–H groups in total. The van der Waals surface area contributed by atoms with Gasteiger partial charge in [-0.2, -0.15) is 0 Å². The van der Waals surface area contributed by atoms with E-state index in [1.165, 1.54) is 7.11 Å². The van der Waals surface area contributed by atoms with Crippen molar-refractivity contribution in [1.29, 1.82) is 0 Å². The molecule has 0 bridgehead atoms. The molecule has 0 aliphatic carbocycles. The molecule has 0 aliphatic heterocycles. The van der Waals surface area contributed by atoms with Crippen molar-refractivity contribution in [3.8, 4) is 11.5 Å². The molecule has 5 nitrogen and oxygen atoms in total. The van der Waals surface area contributed by atoms with Gasteiger partial charge in [-0.1, -0.05) is 6.07 Å². The Hall–Kier alpha value is -1.91. The lowest BCUT2D eigenvalue weighted by Gasteiger charge is -2.09. The van der Waals surface area contributed by atoms with Gasteiger partial charge < -0.3 is 20.9 Å². The third kappa shape index (κ3) is 2.07. The fraction of sp³-hybridized carbons (Fsp3) is 0.222. The average Bonchev–Trinajstić information content (AvgIpc) is 2.16. The van der Waals surface area contributed by atoms with Crippen molar-refractivity contribution in [2.75, 3.05) is 14.2 Å². The van der Waals surface area contributed by atoms with Gasteiger partial charge in [0.05, 0.1) is 14.2 Å². The summed E-state index contributed by atoms with van der Waals surface area (Å²) < 4.78 is 10.2. The van der Waals surface area contributed by atoms with Crippen LogP contribution in [0, 0.1) is 0 Å². The van der Waals surface area contributed by atoms with Gasteiger partial charge in [0.15, 0.2) is 17.5 Å². The van der Waals surface area contributed by atoms with Gasteiger partial charge in [0.1, 0.15) is 5.69 Å². The Morgan fingerprint density at radius 1 is 1.21 bits per heavy atom. The van der Waals surface area contributed by atoms with Crippen LogP contribution in [0.4, 0.5) is 5.69 Å². The van der Waals surface area contributed by atoms with E-state index in [-0.39, 0.29) is 5.96 Å². The van der Waals surface area contributed by atoms with Gasteiger partial charge in [0.25, 0.3) is 0 Å². The summed E-state index contributed by atoms with van der Waals surface area (Å²) in [6.07, 6.45) is 0. The molecule has 0 unspecified atom stereocenters. The first-order valence-corrected chi connectivity index (χ1v) is 3.99. The van der Waals surface area contributed by atoms with E-state index >= 15 is 0 Å². The van der Waals surface area contributed by atoms with Crippen molar-refractivity contribution >= 4 is 11.6 Å². The monoisotopic (exact) mass is 195 g/mol. The zero-order chi connectivity index (χ0) is 10.6. The number of nitrogens with two attached hydrogens (primary N) is 2. The highest BCUT2D eigenvalue weighted by molar-refractivity contribution is 5.80. The molecular weight excluding hydrogens is 182 g/mol. The molecule has 0 aromatic heterocycles. The predicted molar refractivity (Wildman–Crippen MR) is 55.0 cm³/mol. The lowest BCUT2D eigenvalue weighted by molar-refractivity contribution is 0.356. The molecule has 0 heterocycles. The largest absolute Gasteiger partial charge is 0.493 e. The molecule has 76 valence electrons. The summed E-state index contributed by atoms with van der Waals surface area (Å²) in [5.41, 5.74) is 11.1. The van der Waals surface area contributed by atoms with Gasteiger partial charge in [0.2, 0.25) is 0 Å². The van der Waals surface area contributed by atoms with Crippen LogP contribution in [0.2, 0.25) is 0 Å². The highest BCUT2D eigenvalue weighted by Gasteiger charge is 2.08. The number of aliphatic imine (C=N–C) groups is 1. The second-order valence-electron chi connectivity index (χ2n) is 2.55. The van der Waals surface area contributed by atoms with E-state index in [1.54, 1.807) is 25.3 Å². The number of benzene rings is 1. The number of para-hydroxylation sites is 1. The first-order chi connectivity index (χ1) is 6.69. The molecule has 0 aliphatic rings. The third-order valence-electron chi connectivity index (χ3n) is 1.63. The van der Waals surface area contributed by atoms with Crippen molar-refractivity contribution < 1.29 is 9.47 Å². The maximum absolute atomic E-state index is 5.27. The molecule has 0 amide bonds. The summed E-state index contributed by atoms with van der Waals surface area (Å²) in [5, 5.41) is 0. The van der Waals surface area contributed by atoms with E-state index in [4.69, 9.17) is 20.9 Å². The van der Waals surface area contributed by atoms with E-state index < -0.39 is 0 Å². The number of hydrogen-bond acceptors (Lipinski definition) is 3. The standard InChI is InChI=1S/C9H13N3O2/c1-13-7-5-3-4-6(8(7)14-2)12-9(10)11/h3-5H,1-2H3,(H4,10,11,12). The van der Waals surface area contributed by atoms with Crippen molar-refractivity contribution in [3.05, 3.63) is 18.2 Å². The van der Waals surface area contributed by atoms with Crippen molar-refractivity contribution in [2.24, 2.45) is 16.5 Å². The minimum Gasteiger partial charge on any atom is -0.493 e. The smallest absolute Gasteiger partial charge is 0.191 e. The predicted octanol–water partition coefficient (Wildman–Crippen LogP) is 0.609. The Morgan fingerprint density at radius 2 is 1.93 bits per heavy atom. The molecule has 14 heavy (non-hydrogen) atoms. The zero-order valence-electron chi connectivity index (χ0n) is 8.15. The van der Waals surface area contributed by atoms with Gasteiger partial charge in [-0.3, -0.25) is 0 Å². The molecule has 0 fully saturated rings. The Balaban J connectivity index is 3.22. The molecule has 0 radical (unpaired) electrons. The van der Waals surface area contributed by atoms with Crippen molar-refractivity contribution in [1.82, 2.24) is 0 Å². The van der Waals surface area contributed by atoms with Crippen LogP contribution in [0.15, 0.2) is 23.2 Å².